The van der Waals surface area contributed by atoms with E-state index >= 15 is 0 Å². The van der Waals surface area contributed by atoms with Crippen molar-refractivity contribution in [2.75, 3.05) is 33.8 Å². The zero-order chi connectivity index (χ0) is 19.1. The zero-order valence-electron chi connectivity index (χ0n) is 15.0. The van der Waals surface area contributed by atoms with E-state index in [1.54, 1.807) is 24.3 Å². The summed E-state index contributed by atoms with van der Waals surface area (Å²) in [6.07, 6.45) is 4.04. The predicted octanol–water partition coefficient (Wildman–Crippen LogP) is 1.83. The number of rotatable bonds is 8. The fraction of sp³-hybridized carbons (Fsp3) is 0.316. The summed E-state index contributed by atoms with van der Waals surface area (Å²) in [4.78, 5) is 28.0. The third kappa shape index (κ3) is 5.24. The summed E-state index contributed by atoms with van der Waals surface area (Å²) in [6.45, 7) is 5.44. The Morgan fingerprint density at radius 1 is 1.27 bits per heavy atom. The number of hydrogen-bond donors (Lipinski definition) is 1. The van der Waals surface area contributed by atoms with Crippen LogP contribution in [0, 0.1) is 0 Å². The molecule has 1 aromatic rings. The van der Waals surface area contributed by atoms with E-state index in [1.807, 2.05) is 26.2 Å². The maximum absolute atomic E-state index is 12.5. The van der Waals surface area contributed by atoms with Crippen LogP contribution in [0.2, 0.25) is 0 Å². The molecule has 0 saturated carbocycles. The summed E-state index contributed by atoms with van der Waals surface area (Å²) in [6, 6.07) is 7.25. The number of benzene rings is 1. The first-order valence-corrected chi connectivity index (χ1v) is 8.70. The molecule has 0 atom stereocenters. The van der Waals surface area contributed by atoms with Crippen LogP contribution in [0.4, 0.5) is 0 Å². The van der Waals surface area contributed by atoms with Gasteiger partial charge in [0.1, 0.15) is 11.3 Å². The number of ether oxygens (including phenoxy) is 1. The second-order valence-electron chi connectivity index (χ2n) is 6.10. The fourth-order valence-electron chi connectivity index (χ4n) is 2.39. The van der Waals surface area contributed by atoms with Crippen molar-refractivity contribution in [3.8, 4) is 5.75 Å². The lowest BCUT2D eigenvalue weighted by Gasteiger charge is -2.27. The van der Waals surface area contributed by atoms with Crippen molar-refractivity contribution >= 4 is 35.2 Å². The molecule has 7 heteroatoms. The average molecular weight is 373 g/mol. The van der Waals surface area contributed by atoms with E-state index < -0.39 is 11.8 Å². The molecular formula is C19H23N3O3S. The number of carbonyl (C=O) groups is 2. The van der Waals surface area contributed by atoms with Gasteiger partial charge in [-0.25, -0.2) is 0 Å². The summed E-state index contributed by atoms with van der Waals surface area (Å²) in [7, 11) is 4.04. The second-order valence-corrected chi connectivity index (χ2v) is 6.48. The van der Waals surface area contributed by atoms with Crippen LogP contribution in [0.1, 0.15) is 12.0 Å². The third-order valence-corrected chi connectivity index (χ3v) is 4.03. The molecule has 1 aliphatic heterocycles. The Bertz CT molecular complexity index is 726. The normalized spacial score (nSPS) is 16.2. The highest BCUT2D eigenvalue weighted by Crippen LogP contribution is 2.18. The number of thiocarbonyl (C=S) groups is 1. The summed E-state index contributed by atoms with van der Waals surface area (Å²) in [5.41, 5.74) is 0.774. The first kappa shape index (κ1) is 19.8. The molecule has 2 rings (SSSR count). The van der Waals surface area contributed by atoms with E-state index in [0.29, 0.717) is 6.61 Å². The monoisotopic (exact) mass is 373 g/mol. The van der Waals surface area contributed by atoms with Gasteiger partial charge in [-0.3, -0.25) is 19.8 Å². The number of nitrogens with one attached hydrogen (secondary N) is 1. The minimum Gasteiger partial charge on any atom is -0.494 e. The lowest BCUT2D eigenvalue weighted by Crippen LogP contribution is -2.53. The first-order valence-electron chi connectivity index (χ1n) is 8.29. The fourth-order valence-corrected chi connectivity index (χ4v) is 2.64. The zero-order valence-corrected chi connectivity index (χ0v) is 15.8. The molecule has 1 saturated heterocycles. The molecule has 1 N–H and O–H groups in total. The molecule has 1 heterocycles. The summed E-state index contributed by atoms with van der Waals surface area (Å²) < 4.78 is 5.68. The molecule has 1 fully saturated rings. The molecule has 0 bridgehead atoms. The maximum Gasteiger partial charge on any atom is 0.265 e. The standard InChI is InChI=1S/C19H23N3O3S/c1-4-10-22-18(24)16(17(23)20-19(22)26)13-14-6-8-15(9-7-14)25-12-5-11-21(2)3/h4,6-9,13H,1,5,10-12H2,2-3H3,(H,20,23,26). The largest absolute Gasteiger partial charge is 0.494 e. The van der Waals surface area contributed by atoms with Crippen molar-refractivity contribution in [3.63, 3.8) is 0 Å². The van der Waals surface area contributed by atoms with Crippen molar-refractivity contribution in [2.45, 2.75) is 6.42 Å². The molecule has 1 aromatic carbocycles. The van der Waals surface area contributed by atoms with E-state index in [1.165, 1.54) is 4.90 Å². The number of hydrogen-bond acceptors (Lipinski definition) is 5. The Labute approximate surface area is 159 Å². The van der Waals surface area contributed by atoms with Gasteiger partial charge in [-0.1, -0.05) is 18.2 Å². The lowest BCUT2D eigenvalue weighted by atomic mass is 10.1. The molecule has 0 unspecified atom stereocenters. The van der Waals surface area contributed by atoms with Gasteiger partial charge >= 0.3 is 0 Å². The Balaban J connectivity index is 2.05. The number of nitrogens with zero attached hydrogens (tertiary/aromatic N) is 2. The van der Waals surface area contributed by atoms with E-state index in [9.17, 15) is 9.59 Å². The van der Waals surface area contributed by atoms with Crippen LogP contribution in [-0.2, 0) is 9.59 Å². The van der Waals surface area contributed by atoms with Gasteiger partial charge in [0.05, 0.1) is 6.61 Å². The average Bonchev–Trinajstić information content (AvgIpc) is 2.60. The van der Waals surface area contributed by atoms with Gasteiger partial charge in [-0.15, -0.1) is 6.58 Å². The Morgan fingerprint density at radius 2 is 1.96 bits per heavy atom. The van der Waals surface area contributed by atoms with Crippen LogP contribution in [0.5, 0.6) is 5.75 Å². The van der Waals surface area contributed by atoms with E-state index in [0.717, 1.165) is 24.3 Å². The minimum atomic E-state index is -0.496. The molecule has 1 aliphatic rings. The third-order valence-electron chi connectivity index (χ3n) is 3.71. The molecule has 2 amide bonds. The predicted molar refractivity (Wildman–Crippen MR) is 106 cm³/mol. The number of carbonyl (C=O) groups excluding carboxylic acids is 2. The molecule has 138 valence electrons. The van der Waals surface area contributed by atoms with Crippen molar-refractivity contribution in [2.24, 2.45) is 0 Å². The molecule has 26 heavy (non-hydrogen) atoms. The highest BCUT2D eigenvalue weighted by molar-refractivity contribution is 7.80. The van der Waals surface area contributed by atoms with Gasteiger partial charge in [-0.05, 0) is 56.5 Å². The molecule has 0 spiro atoms. The van der Waals surface area contributed by atoms with Crippen LogP contribution < -0.4 is 10.1 Å². The molecule has 0 aliphatic carbocycles. The van der Waals surface area contributed by atoms with E-state index in [4.69, 9.17) is 17.0 Å². The highest BCUT2D eigenvalue weighted by atomic mass is 32.1. The Hall–Kier alpha value is -2.51. The van der Waals surface area contributed by atoms with Crippen molar-refractivity contribution in [1.82, 2.24) is 15.1 Å². The molecular weight excluding hydrogens is 350 g/mol. The van der Waals surface area contributed by atoms with E-state index in [2.05, 4.69) is 16.8 Å². The van der Waals surface area contributed by atoms with Gasteiger partial charge in [0.2, 0.25) is 0 Å². The minimum absolute atomic E-state index is 0.0418. The highest BCUT2D eigenvalue weighted by Gasteiger charge is 2.32. The van der Waals surface area contributed by atoms with E-state index in [-0.39, 0.29) is 17.2 Å². The molecule has 6 nitrogen and oxygen atoms in total. The van der Waals surface area contributed by atoms with Crippen molar-refractivity contribution in [1.29, 1.82) is 0 Å². The maximum atomic E-state index is 12.5. The van der Waals surface area contributed by atoms with Crippen LogP contribution in [0.15, 0.2) is 42.5 Å². The van der Waals surface area contributed by atoms with Gasteiger partial charge in [0, 0.05) is 13.1 Å². The SMILES string of the molecule is C=CCN1C(=O)C(=Cc2ccc(OCCCN(C)C)cc2)C(=O)NC1=S. The van der Waals surface area contributed by atoms with Crippen molar-refractivity contribution in [3.05, 3.63) is 48.1 Å². The van der Waals surface area contributed by atoms with Gasteiger partial charge in [0.25, 0.3) is 11.8 Å². The quantitative estimate of drug-likeness (QED) is 0.248. The van der Waals surface area contributed by atoms with Crippen molar-refractivity contribution < 1.29 is 14.3 Å². The van der Waals surface area contributed by atoms with Gasteiger partial charge < -0.3 is 9.64 Å². The molecule has 0 aromatic heterocycles. The first-order chi connectivity index (χ1) is 12.4. The topological polar surface area (TPSA) is 61.9 Å². The van der Waals surface area contributed by atoms with Crippen LogP contribution >= 0.6 is 12.2 Å². The summed E-state index contributed by atoms with van der Waals surface area (Å²) in [5.74, 6) is -0.174. The van der Waals surface area contributed by atoms with Crippen LogP contribution in [0.3, 0.4) is 0 Å². The molecule has 0 radical (unpaired) electrons. The Kier molecular flexibility index (Phi) is 7.06. The summed E-state index contributed by atoms with van der Waals surface area (Å²) >= 11 is 5.03. The van der Waals surface area contributed by atoms with Crippen LogP contribution in [-0.4, -0.2) is 60.5 Å². The lowest BCUT2D eigenvalue weighted by molar-refractivity contribution is -0.128. The smallest absolute Gasteiger partial charge is 0.265 e. The summed E-state index contributed by atoms with van der Waals surface area (Å²) in [5, 5.41) is 2.62. The van der Waals surface area contributed by atoms with Crippen LogP contribution in [0.25, 0.3) is 6.08 Å². The van der Waals surface area contributed by atoms with Gasteiger partial charge in [0.15, 0.2) is 5.11 Å². The Morgan fingerprint density at radius 3 is 2.58 bits per heavy atom. The number of amides is 2. The second kappa shape index (κ2) is 9.26. The van der Waals surface area contributed by atoms with Gasteiger partial charge in [-0.2, -0.15) is 0 Å².